The van der Waals surface area contributed by atoms with Crippen molar-refractivity contribution in [2.24, 2.45) is 0 Å². The van der Waals surface area contributed by atoms with Crippen LogP contribution in [0.15, 0.2) is 48.5 Å². The van der Waals surface area contributed by atoms with E-state index in [1.54, 1.807) is 48.5 Å². The summed E-state index contributed by atoms with van der Waals surface area (Å²) in [5.41, 5.74) is -1.23. The second-order valence-corrected chi connectivity index (χ2v) is 5.96. The van der Waals surface area contributed by atoms with E-state index >= 15 is 0 Å². The van der Waals surface area contributed by atoms with E-state index in [0.29, 0.717) is 22.6 Å². The highest BCUT2D eigenvalue weighted by molar-refractivity contribution is 5.51. The van der Waals surface area contributed by atoms with Gasteiger partial charge in [-0.3, -0.25) is 0 Å². The van der Waals surface area contributed by atoms with E-state index < -0.39 is 34.4 Å². The molecule has 0 bridgehead atoms. The minimum Gasteiger partial charge on any atom is -0.497 e. The predicted octanol–water partition coefficient (Wildman–Crippen LogP) is 5.06. The number of hydrogen-bond donors (Lipinski definition) is 0. The second-order valence-electron chi connectivity index (χ2n) is 5.96. The van der Waals surface area contributed by atoms with Crippen LogP contribution < -0.4 is 9.47 Å². The molecule has 0 atom stereocenters. The molecule has 0 aromatic heterocycles. The molecule has 0 unspecified atom stereocenters. The van der Waals surface area contributed by atoms with Gasteiger partial charge in [-0.05, 0) is 48.5 Å². The van der Waals surface area contributed by atoms with Gasteiger partial charge < -0.3 is 9.47 Å². The Balaban J connectivity index is 1.98. The van der Waals surface area contributed by atoms with Gasteiger partial charge in [-0.25, -0.2) is 17.6 Å². The second kappa shape index (κ2) is 9.07. The molecule has 0 aliphatic heterocycles. The zero-order chi connectivity index (χ0) is 21.7. The summed E-state index contributed by atoms with van der Waals surface area (Å²) in [6, 6.07) is 12.6. The van der Waals surface area contributed by atoms with Crippen molar-refractivity contribution in [2.45, 2.75) is 0 Å². The average molecular weight is 410 g/mol. The minimum atomic E-state index is -1.60. The van der Waals surface area contributed by atoms with Crippen LogP contribution in [-0.2, 0) is 0 Å². The molecule has 0 radical (unpaired) electrons. The highest BCUT2D eigenvalue weighted by Crippen LogP contribution is 2.23. The summed E-state index contributed by atoms with van der Waals surface area (Å²) >= 11 is 0. The highest BCUT2D eigenvalue weighted by Gasteiger charge is 2.23. The van der Waals surface area contributed by atoms with E-state index in [0.717, 1.165) is 0 Å². The van der Waals surface area contributed by atoms with Crippen LogP contribution in [0.2, 0.25) is 0 Å². The smallest absolute Gasteiger partial charge is 0.178 e. The first kappa shape index (κ1) is 20.8. The molecule has 3 aromatic carbocycles. The Kier molecular flexibility index (Phi) is 6.29. The molecule has 6 heteroatoms. The number of rotatable bonds is 2. The minimum absolute atomic E-state index is 0.388. The fourth-order valence-corrected chi connectivity index (χ4v) is 2.47. The lowest BCUT2D eigenvalue weighted by molar-refractivity contribution is 0.414. The number of benzene rings is 3. The van der Waals surface area contributed by atoms with E-state index in [9.17, 15) is 17.6 Å². The Morgan fingerprint density at radius 3 is 1.07 bits per heavy atom. The lowest BCUT2D eigenvalue weighted by atomic mass is 10.1. The quantitative estimate of drug-likeness (QED) is 0.334. The molecule has 3 aromatic rings. The van der Waals surface area contributed by atoms with Gasteiger partial charge in [0.2, 0.25) is 0 Å². The Morgan fingerprint density at radius 1 is 0.500 bits per heavy atom. The van der Waals surface area contributed by atoms with Crippen LogP contribution in [0.1, 0.15) is 22.3 Å². The Hall–Kier alpha value is -3.90. The Bertz CT molecular complexity index is 1070. The van der Waals surface area contributed by atoms with Gasteiger partial charge in [0.1, 0.15) is 22.6 Å². The van der Waals surface area contributed by atoms with Gasteiger partial charge in [-0.1, -0.05) is 23.7 Å². The van der Waals surface area contributed by atoms with Crippen molar-refractivity contribution < 1.29 is 27.0 Å². The molecule has 0 spiro atoms. The molecule has 2 nitrogen and oxygen atoms in total. The topological polar surface area (TPSA) is 18.5 Å². The van der Waals surface area contributed by atoms with Gasteiger partial charge in [-0.2, -0.15) is 0 Å². The van der Waals surface area contributed by atoms with Crippen molar-refractivity contribution in [1.29, 1.82) is 0 Å². The van der Waals surface area contributed by atoms with Crippen molar-refractivity contribution in [3.05, 3.63) is 94.1 Å². The largest absolute Gasteiger partial charge is 0.497 e. The summed E-state index contributed by atoms with van der Waals surface area (Å²) in [4.78, 5) is 0. The molecular formula is C24H14F4O2. The molecule has 150 valence electrons. The maximum atomic E-state index is 14.4. The van der Waals surface area contributed by atoms with Gasteiger partial charge in [-0.15, -0.1) is 0 Å². The molecule has 0 amide bonds. The van der Waals surface area contributed by atoms with Crippen LogP contribution in [0.3, 0.4) is 0 Å². The molecule has 0 fully saturated rings. The van der Waals surface area contributed by atoms with Gasteiger partial charge in [0.05, 0.1) is 14.2 Å². The van der Waals surface area contributed by atoms with Gasteiger partial charge in [0, 0.05) is 11.1 Å². The molecule has 0 aliphatic carbocycles. The summed E-state index contributed by atoms with van der Waals surface area (Å²) in [6.45, 7) is 0. The molecule has 0 saturated heterocycles. The van der Waals surface area contributed by atoms with E-state index in [2.05, 4.69) is 23.7 Å². The molecular weight excluding hydrogens is 396 g/mol. The van der Waals surface area contributed by atoms with Crippen LogP contribution in [0, 0.1) is 47.0 Å². The van der Waals surface area contributed by atoms with E-state index in [1.807, 2.05) is 0 Å². The van der Waals surface area contributed by atoms with Gasteiger partial charge in [0.25, 0.3) is 0 Å². The number of ether oxygens (including phenoxy) is 2. The van der Waals surface area contributed by atoms with Crippen LogP contribution in [-0.4, -0.2) is 14.2 Å². The lowest BCUT2D eigenvalue weighted by Crippen LogP contribution is -2.04. The highest BCUT2D eigenvalue weighted by atomic mass is 19.2. The molecule has 0 heterocycles. The fraction of sp³-hybridized carbons (Fsp3) is 0.0833. The summed E-state index contributed by atoms with van der Waals surface area (Å²) in [7, 11) is 2.96. The SMILES string of the molecule is COc1ccc(C#Cc2c(F)c(F)c(C#Cc3ccc(OC)cc3)c(F)c2F)cc1. The lowest BCUT2D eigenvalue weighted by Gasteiger charge is -2.04. The first-order chi connectivity index (χ1) is 14.4. The molecule has 0 aliphatic rings. The van der Waals surface area contributed by atoms with Gasteiger partial charge in [0.15, 0.2) is 23.3 Å². The van der Waals surface area contributed by atoms with E-state index in [1.165, 1.54) is 14.2 Å². The Morgan fingerprint density at radius 2 is 0.800 bits per heavy atom. The first-order valence-corrected chi connectivity index (χ1v) is 8.62. The van der Waals surface area contributed by atoms with Crippen molar-refractivity contribution >= 4 is 0 Å². The third-order valence-electron chi connectivity index (χ3n) is 4.11. The maximum absolute atomic E-state index is 14.4. The predicted molar refractivity (Wildman–Crippen MR) is 104 cm³/mol. The Labute approximate surface area is 171 Å². The summed E-state index contributed by atoms with van der Waals surface area (Å²) < 4.78 is 67.4. The van der Waals surface area contributed by atoms with E-state index in [4.69, 9.17) is 9.47 Å². The monoisotopic (exact) mass is 410 g/mol. The number of methoxy groups -OCH3 is 2. The maximum Gasteiger partial charge on any atom is 0.178 e. The number of hydrogen-bond acceptors (Lipinski definition) is 2. The van der Waals surface area contributed by atoms with Crippen molar-refractivity contribution in [3.63, 3.8) is 0 Å². The molecule has 30 heavy (non-hydrogen) atoms. The first-order valence-electron chi connectivity index (χ1n) is 8.62. The van der Waals surface area contributed by atoms with Crippen LogP contribution >= 0.6 is 0 Å². The third kappa shape index (κ3) is 4.39. The zero-order valence-electron chi connectivity index (χ0n) is 15.9. The van der Waals surface area contributed by atoms with Crippen molar-refractivity contribution in [3.8, 4) is 35.2 Å². The molecule has 0 saturated carbocycles. The van der Waals surface area contributed by atoms with Gasteiger partial charge >= 0.3 is 0 Å². The van der Waals surface area contributed by atoms with Crippen LogP contribution in [0.4, 0.5) is 17.6 Å². The average Bonchev–Trinajstić information content (AvgIpc) is 2.78. The van der Waals surface area contributed by atoms with Crippen LogP contribution in [0.25, 0.3) is 0 Å². The normalized spacial score (nSPS) is 9.80. The summed E-state index contributed by atoms with van der Waals surface area (Å²) in [6.07, 6.45) is 0. The zero-order valence-corrected chi connectivity index (χ0v) is 15.9. The van der Waals surface area contributed by atoms with Crippen molar-refractivity contribution in [2.75, 3.05) is 14.2 Å². The standard InChI is InChI=1S/C24H14F4O2/c1-29-17-9-3-15(4-10-17)7-13-19-21(25)23(27)20(24(28)22(19)26)14-8-16-5-11-18(30-2)12-6-16/h3-6,9-12H,1-2H3. The fourth-order valence-electron chi connectivity index (χ4n) is 2.47. The molecule has 3 rings (SSSR count). The van der Waals surface area contributed by atoms with Crippen molar-refractivity contribution in [1.82, 2.24) is 0 Å². The van der Waals surface area contributed by atoms with Crippen LogP contribution in [0.5, 0.6) is 11.5 Å². The third-order valence-corrected chi connectivity index (χ3v) is 4.11. The molecule has 0 N–H and O–H groups in total. The van der Waals surface area contributed by atoms with E-state index in [-0.39, 0.29) is 0 Å². The summed E-state index contributed by atoms with van der Waals surface area (Å²) in [5.74, 6) is 3.95. The number of halogens is 4. The summed E-state index contributed by atoms with van der Waals surface area (Å²) in [5, 5.41) is 0.